The second-order valence-corrected chi connectivity index (χ2v) is 10.5. The minimum absolute atomic E-state index is 0.141. The van der Waals surface area contributed by atoms with Crippen LogP contribution in [0, 0.1) is 22.7 Å². The lowest BCUT2D eigenvalue weighted by Gasteiger charge is -2.13. The molecule has 0 aliphatic rings. The second kappa shape index (κ2) is 12.0. The zero-order valence-electron chi connectivity index (χ0n) is 20.6. The molecule has 4 rings (SSSR count). The molecule has 0 fully saturated rings. The molecule has 190 valence electrons. The number of rotatable bonds is 10. The van der Waals surface area contributed by atoms with E-state index in [1.807, 2.05) is 6.07 Å². The van der Waals surface area contributed by atoms with Gasteiger partial charge in [0.15, 0.2) is 21.3 Å². The third kappa shape index (κ3) is 6.91. The minimum Gasteiger partial charge on any atom is -0.493 e. The van der Waals surface area contributed by atoms with E-state index in [1.54, 1.807) is 84.9 Å². The van der Waals surface area contributed by atoms with Gasteiger partial charge < -0.3 is 14.2 Å². The lowest BCUT2D eigenvalue weighted by molar-refractivity contribution is 0.284. The fourth-order valence-corrected chi connectivity index (χ4v) is 5.29. The van der Waals surface area contributed by atoms with E-state index in [0.717, 1.165) is 5.56 Å². The fourth-order valence-electron chi connectivity index (χ4n) is 3.80. The maximum Gasteiger partial charge on any atom is 0.161 e. The van der Waals surface area contributed by atoms with Gasteiger partial charge in [0.2, 0.25) is 0 Å². The van der Waals surface area contributed by atoms with Gasteiger partial charge in [0.25, 0.3) is 0 Å². The molecule has 0 atom stereocenters. The average molecular weight is 525 g/mol. The molecule has 0 saturated heterocycles. The Balaban J connectivity index is 1.39. The number of sulfone groups is 1. The van der Waals surface area contributed by atoms with Crippen LogP contribution >= 0.6 is 0 Å². The molecule has 0 radical (unpaired) electrons. The molecule has 38 heavy (non-hydrogen) atoms. The van der Waals surface area contributed by atoms with Crippen LogP contribution in [-0.4, -0.2) is 15.5 Å². The summed E-state index contributed by atoms with van der Waals surface area (Å²) in [6.07, 6.45) is 0. The molecule has 0 saturated carbocycles. The van der Waals surface area contributed by atoms with Gasteiger partial charge >= 0.3 is 0 Å². The van der Waals surface area contributed by atoms with Crippen LogP contribution in [0.2, 0.25) is 0 Å². The molecule has 4 aromatic rings. The van der Waals surface area contributed by atoms with Crippen LogP contribution in [0.15, 0.2) is 91.0 Å². The lowest BCUT2D eigenvalue weighted by atomic mass is 10.1. The molecule has 0 aliphatic carbocycles. The molecular formula is C30H24N2O5S. The summed E-state index contributed by atoms with van der Waals surface area (Å²) in [5, 5.41) is 18.3. The zero-order chi connectivity index (χ0) is 27.0. The highest BCUT2D eigenvalue weighted by Crippen LogP contribution is 2.30. The van der Waals surface area contributed by atoms with Gasteiger partial charge in [0.05, 0.1) is 35.8 Å². The smallest absolute Gasteiger partial charge is 0.161 e. The Kier molecular flexibility index (Phi) is 8.27. The Morgan fingerprint density at radius 2 is 1.45 bits per heavy atom. The first kappa shape index (κ1) is 26.3. The van der Waals surface area contributed by atoms with Crippen molar-refractivity contribution in [3.8, 4) is 35.1 Å². The highest BCUT2D eigenvalue weighted by atomic mass is 32.2. The number of benzene rings is 4. The summed E-state index contributed by atoms with van der Waals surface area (Å²) in [4.78, 5) is 0. The van der Waals surface area contributed by atoms with E-state index in [4.69, 9.17) is 19.5 Å². The normalized spacial score (nSPS) is 10.7. The Labute approximate surface area is 222 Å². The SMILES string of the molecule is COc1cc(CS(=O)(=O)Cc2ccc(Oc3ccccc3C#N)cc2)ccc1OCc1cccc(C#N)c1. The Bertz CT molecular complexity index is 1620. The quantitative estimate of drug-likeness (QED) is 0.253. The van der Waals surface area contributed by atoms with Gasteiger partial charge in [-0.1, -0.05) is 42.5 Å². The van der Waals surface area contributed by atoms with Gasteiger partial charge in [-0.05, 0) is 65.2 Å². The van der Waals surface area contributed by atoms with E-state index < -0.39 is 9.84 Å². The minimum atomic E-state index is -3.48. The molecule has 0 spiro atoms. The van der Waals surface area contributed by atoms with Crippen molar-refractivity contribution < 1.29 is 22.6 Å². The summed E-state index contributed by atoms with van der Waals surface area (Å²) < 4.78 is 42.9. The van der Waals surface area contributed by atoms with Gasteiger partial charge in [-0.15, -0.1) is 0 Å². The van der Waals surface area contributed by atoms with Gasteiger partial charge in [0.1, 0.15) is 24.2 Å². The van der Waals surface area contributed by atoms with Crippen molar-refractivity contribution in [1.29, 1.82) is 10.5 Å². The topological polar surface area (TPSA) is 109 Å². The van der Waals surface area contributed by atoms with Crippen LogP contribution in [-0.2, 0) is 27.9 Å². The van der Waals surface area contributed by atoms with Gasteiger partial charge in [0, 0.05) is 0 Å². The predicted octanol–water partition coefficient (Wildman–Crippen LogP) is 5.92. The van der Waals surface area contributed by atoms with E-state index in [9.17, 15) is 13.7 Å². The third-order valence-corrected chi connectivity index (χ3v) is 7.16. The van der Waals surface area contributed by atoms with Crippen molar-refractivity contribution in [2.45, 2.75) is 18.1 Å². The molecule has 0 heterocycles. The van der Waals surface area contributed by atoms with Gasteiger partial charge in [-0.3, -0.25) is 0 Å². The Hall–Kier alpha value is -4.79. The highest BCUT2D eigenvalue weighted by Gasteiger charge is 2.16. The third-order valence-electron chi connectivity index (χ3n) is 5.61. The maximum atomic E-state index is 12.9. The first-order valence-electron chi connectivity index (χ1n) is 11.6. The van der Waals surface area contributed by atoms with E-state index in [1.165, 1.54) is 7.11 Å². The second-order valence-electron chi connectivity index (χ2n) is 8.47. The van der Waals surface area contributed by atoms with Crippen LogP contribution in [0.4, 0.5) is 0 Å². The van der Waals surface area contributed by atoms with Gasteiger partial charge in [-0.25, -0.2) is 8.42 Å². The molecule has 0 bridgehead atoms. The molecule has 0 N–H and O–H groups in total. The van der Waals surface area contributed by atoms with Crippen molar-refractivity contribution in [3.05, 3.63) is 119 Å². The van der Waals surface area contributed by atoms with E-state index in [-0.39, 0.29) is 18.1 Å². The van der Waals surface area contributed by atoms with Gasteiger partial charge in [-0.2, -0.15) is 10.5 Å². The Morgan fingerprint density at radius 3 is 2.18 bits per heavy atom. The Morgan fingerprint density at radius 1 is 0.711 bits per heavy atom. The van der Waals surface area contributed by atoms with Crippen LogP contribution in [0.25, 0.3) is 0 Å². The molecule has 4 aromatic carbocycles. The predicted molar refractivity (Wildman–Crippen MR) is 142 cm³/mol. The van der Waals surface area contributed by atoms with Crippen molar-refractivity contribution in [2.75, 3.05) is 7.11 Å². The summed E-state index contributed by atoms with van der Waals surface area (Å²) in [5.41, 5.74) is 3.00. The first-order chi connectivity index (χ1) is 18.4. The van der Waals surface area contributed by atoms with Crippen LogP contribution in [0.5, 0.6) is 23.0 Å². The van der Waals surface area contributed by atoms with Crippen LogP contribution < -0.4 is 14.2 Å². The lowest BCUT2D eigenvalue weighted by Crippen LogP contribution is -2.08. The van der Waals surface area contributed by atoms with Crippen molar-refractivity contribution in [2.24, 2.45) is 0 Å². The largest absolute Gasteiger partial charge is 0.493 e. The number of nitrogens with zero attached hydrogens (tertiary/aromatic N) is 2. The average Bonchev–Trinajstić information content (AvgIpc) is 2.93. The highest BCUT2D eigenvalue weighted by molar-refractivity contribution is 7.89. The monoisotopic (exact) mass is 524 g/mol. The van der Waals surface area contributed by atoms with Crippen LogP contribution in [0.1, 0.15) is 27.8 Å². The molecular weight excluding hydrogens is 500 g/mol. The number of ether oxygens (including phenoxy) is 3. The number of hydrogen-bond donors (Lipinski definition) is 0. The molecule has 0 unspecified atom stereocenters. The molecule has 0 amide bonds. The summed E-state index contributed by atoms with van der Waals surface area (Å²) in [6.45, 7) is 0.241. The molecule has 0 aromatic heterocycles. The van der Waals surface area contributed by atoms with E-state index in [0.29, 0.717) is 45.3 Å². The van der Waals surface area contributed by atoms with Crippen LogP contribution in [0.3, 0.4) is 0 Å². The fraction of sp³-hybridized carbons (Fsp3) is 0.133. The van der Waals surface area contributed by atoms with E-state index >= 15 is 0 Å². The maximum absolute atomic E-state index is 12.9. The number of hydrogen-bond acceptors (Lipinski definition) is 7. The number of methoxy groups -OCH3 is 1. The molecule has 0 aliphatic heterocycles. The number of nitriles is 2. The summed E-state index contributed by atoms with van der Waals surface area (Å²) in [6, 6.07) is 30.0. The summed E-state index contributed by atoms with van der Waals surface area (Å²) in [5.74, 6) is 1.54. The first-order valence-corrected chi connectivity index (χ1v) is 13.5. The molecule has 7 nitrogen and oxygen atoms in total. The van der Waals surface area contributed by atoms with Crippen molar-refractivity contribution in [1.82, 2.24) is 0 Å². The zero-order valence-corrected chi connectivity index (χ0v) is 21.4. The molecule has 8 heteroatoms. The summed E-state index contributed by atoms with van der Waals surface area (Å²) in [7, 11) is -1.99. The van der Waals surface area contributed by atoms with Crippen molar-refractivity contribution >= 4 is 9.84 Å². The standard InChI is InChI=1S/C30H24N2O5S/c1-35-30-16-25(11-14-29(30)36-19-24-6-4-5-23(15-24)17-31)21-38(33,34)20-22-9-12-27(13-10-22)37-28-8-3-2-7-26(28)18-32/h2-16H,19-21H2,1H3. The van der Waals surface area contributed by atoms with E-state index in [2.05, 4.69) is 12.1 Å². The summed E-state index contributed by atoms with van der Waals surface area (Å²) >= 11 is 0. The number of para-hydroxylation sites is 1. The van der Waals surface area contributed by atoms with Crippen molar-refractivity contribution in [3.63, 3.8) is 0 Å².